The van der Waals surface area contributed by atoms with Gasteiger partial charge in [-0.3, -0.25) is 9.59 Å². The summed E-state index contributed by atoms with van der Waals surface area (Å²) in [5, 5.41) is 6.54. The lowest BCUT2D eigenvalue weighted by molar-refractivity contribution is 0.0936. The number of amides is 2. The van der Waals surface area contributed by atoms with Gasteiger partial charge in [0.15, 0.2) is 26.5 Å². The first-order chi connectivity index (χ1) is 14.1. The van der Waals surface area contributed by atoms with Crippen molar-refractivity contribution in [3.05, 3.63) is 52.5 Å². The molecule has 0 saturated carbocycles. The lowest BCUT2D eigenvalue weighted by Crippen LogP contribution is -2.29. The fraction of sp³-hybridized carbons (Fsp3) is 0.188. The molecule has 0 radical (unpaired) electrons. The summed E-state index contributed by atoms with van der Waals surface area (Å²) in [6.45, 7) is 1.66. The van der Waals surface area contributed by atoms with Crippen LogP contribution in [0.4, 0.5) is 0 Å². The number of nitrogens with zero attached hydrogens (tertiary/aromatic N) is 6. The zero-order valence-corrected chi connectivity index (χ0v) is 18.0. The lowest BCUT2D eigenvalue weighted by atomic mass is 10.2. The highest BCUT2D eigenvalue weighted by Gasteiger charge is 2.21. The van der Waals surface area contributed by atoms with Crippen LogP contribution in [0.5, 0.6) is 0 Å². The molecule has 0 fully saturated rings. The van der Waals surface area contributed by atoms with Gasteiger partial charge in [-0.2, -0.15) is 9.78 Å². The highest BCUT2D eigenvalue weighted by Crippen LogP contribution is 2.18. The van der Waals surface area contributed by atoms with Gasteiger partial charge in [0.2, 0.25) is 0 Å². The number of nitrogens with two attached hydrogens (primary N) is 1. The number of nitrogens with one attached hydrogen (secondary N) is 1. The Morgan fingerprint density at radius 3 is 2.57 bits per heavy atom. The molecule has 0 spiro atoms. The quantitative estimate of drug-likeness (QED) is 0.453. The number of hydrogen-bond acceptors (Lipinski definition) is 9. The van der Waals surface area contributed by atoms with Crippen LogP contribution in [0.3, 0.4) is 0 Å². The normalized spacial score (nSPS) is 12.4. The van der Waals surface area contributed by atoms with E-state index in [9.17, 15) is 18.0 Å². The van der Waals surface area contributed by atoms with E-state index in [4.69, 9.17) is 5.73 Å². The molecule has 30 heavy (non-hydrogen) atoms. The molecule has 0 saturated heterocycles. The second kappa shape index (κ2) is 8.23. The minimum atomic E-state index is -3.61. The molecule has 14 heteroatoms. The molecule has 0 bridgehead atoms. The number of sulfone groups is 1. The number of halogens is 1. The molecule has 0 aliphatic carbocycles. The number of primary amides is 1. The van der Waals surface area contributed by atoms with Gasteiger partial charge < -0.3 is 11.1 Å². The molecule has 0 unspecified atom stereocenters. The first-order valence-electron chi connectivity index (χ1n) is 8.27. The number of hydrogen-bond donors (Lipinski definition) is 2. The van der Waals surface area contributed by atoms with Crippen LogP contribution in [0.15, 0.2) is 40.5 Å². The van der Waals surface area contributed by atoms with Crippen molar-refractivity contribution in [2.24, 2.45) is 5.73 Å². The summed E-state index contributed by atoms with van der Waals surface area (Å²) < 4.78 is 25.1. The van der Waals surface area contributed by atoms with E-state index in [1.807, 2.05) is 0 Å². The van der Waals surface area contributed by atoms with Gasteiger partial charge in [-0.1, -0.05) is 0 Å². The zero-order valence-electron chi connectivity index (χ0n) is 15.6. The predicted octanol–water partition coefficient (Wildman–Crippen LogP) is 0.208. The number of carbonyl (C=O) groups excluding carboxylic acids is 2. The molecule has 156 valence electrons. The van der Waals surface area contributed by atoms with Crippen LogP contribution >= 0.6 is 15.9 Å². The molecule has 2 amide bonds. The maximum Gasteiger partial charge on any atom is 0.267 e. The van der Waals surface area contributed by atoms with Gasteiger partial charge >= 0.3 is 0 Å². The molecule has 3 rings (SSSR count). The minimum Gasteiger partial charge on any atom is -0.364 e. The fourth-order valence-corrected chi connectivity index (χ4v) is 3.62. The Morgan fingerprint density at radius 2 is 1.90 bits per heavy atom. The molecule has 3 heterocycles. The SMILES string of the molecule is C[C@H](NC(=O)c1cc(Br)nc(S(C)(=O)=O)c1)c1ncnn1-c1cc(C(N)=O)ncn1. The standard InChI is InChI=1S/C16H15BrN8O4S/c1-8(23-16(27)9-3-11(17)24-13(4-9)30(2,28)29)15-21-7-22-25(15)12-5-10(14(18)26)19-6-20-12/h3-8H,1-2H3,(H2,18,26)(H,23,27)/t8-/m0/s1. The van der Waals surface area contributed by atoms with Gasteiger partial charge in [0, 0.05) is 17.9 Å². The number of pyridine rings is 1. The second-order valence-electron chi connectivity index (χ2n) is 6.14. The average molecular weight is 495 g/mol. The van der Waals surface area contributed by atoms with E-state index in [2.05, 4.69) is 46.3 Å². The van der Waals surface area contributed by atoms with E-state index in [0.29, 0.717) is 5.82 Å². The van der Waals surface area contributed by atoms with E-state index < -0.39 is 27.7 Å². The van der Waals surface area contributed by atoms with Crippen LogP contribution in [-0.2, 0) is 9.84 Å². The predicted molar refractivity (Wildman–Crippen MR) is 106 cm³/mol. The van der Waals surface area contributed by atoms with Crippen molar-refractivity contribution in [3.8, 4) is 5.82 Å². The maximum atomic E-state index is 12.7. The third-order valence-corrected chi connectivity index (χ3v) is 5.22. The van der Waals surface area contributed by atoms with Crippen LogP contribution in [-0.4, -0.2) is 56.2 Å². The first kappa shape index (κ1) is 21.4. The van der Waals surface area contributed by atoms with Crippen molar-refractivity contribution in [1.82, 2.24) is 35.0 Å². The van der Waals surface area contributed by atoms with E-state index >= 15 is 0 Å². The summed E-state index contributed by atoms with van der Waals surface area (Å²) in [5.41, 5.74) is 5.32. The number of rotatable bonds is 6. The van der Waals surface area contributed by atoms with E-state index in [1.165, 1.54) is 29.2 Å². The Labute approximate surface area is 179 Å². The molecule has 3 aromatic rings. The summed E-state index contributed by atoms with van der Waals surface area (Å²) >= 11 is 3.11. The molecular weight excluding hydrogens is 480 g/mol. The summed E-state index contributed by atoms with van der Waals surface area (Å²) in [6, 6.07) is 3.26. The molecule has 3 aromatic heterocycles. The Kier molecular flexibility index (Phi) is 5.89. The van der Waals surface area contributed by atoms with E-state index in [1.54, 1.807) is 6.92 Å². The number of aromatic nitrogens is 6. The molecule has 1 atom stereocenters. The second-order valence-corrected chi connectivity index (χ2v) is 8.91. The molecule has 0 aromatic carbocycles. The largest absolute Gasteiger partial charge is 0.364 e. The van der Waals surface area contributed by atoms with Gasteiger partial charge in [0.1, 0.15) is 23.0 Å². The summed E-state index contributed by atoms with van der Waals surface area (Å²) in [6.07, 6.45) is 3.41. The van der Waals surface area contributed by atoms with Gasteiger partial charge in [-0.25, -0.2) is 28.4 Å². The summed E-state index contributed by atoms with van der Waals surface area (Å²) in [4.78, 5) is 39.8. The molecule has 0 aliphatic rings. The minimum absolute atomic E-state index is 0.00641. The first-order valence-corrected chi connectivity index (χ1v) is 11.0. The molecule has 0 aliphatic heterocycles. The van der Waals surface area contributed by atoms with Gasteiger partial charge in [0.25, 0.3) is 11.8 Å². The van der Waals surface area contributed by atoms with Crippen molar-refractivity contribution in [3.63, 3.8) is 0 Å². The molecule has 12 nitrogen and oxygen atoms in total. The van der Waals surface area contributed by atoms with Crippen molar-refractivity contribution in [2.45, 2.75) is 18.0 Å². The van der Waals surface area contributed by atoms with E-state index in [-0.39, 0.29) is 26.7 Å². The summed E-state index contributed by atoms with van der Waals surface area (Å²) in [5.74, 6) is -0.732. The van der Waals surface area contributed by atoms with Gasteiger partial charge in [-0.05, 0) is 35.0 Å². The van der Waals surface area contributed by atoms with Crippen LogP contribution in [0.1, 0.15) is 39.6 Å². The fourth-order valence-electron chi connectivity index (χ4n) is 2.46. The highest BCUT2D eigenvalue weighted by atomic mass is 79.9. The van der Waals surface area contributed by atoms with Crippen molar-refractivity contribution in [1.29, 1.82) is 0 Å². The maximum absolute atomic E-state index is 12.7. The zero-order chi connectivity index (χ0) is 22.1. The average Bonchev–Trinajstić information content (AvgIpc) is 3.17. The van der Waals surface area contributed by atoms with Gasteiger partial charge in [0.05, 0.1) is 6.04 Å². The molecule has 3 N–H and O–H groups in total. The van der Waals surface area contributed by atoms with E-state index in [0.717, 1.165) is 12.6 Å². The third kappa shape index (κ3) is 4.65. The van der Waals surface area contributed by atoms with Crippen LogP contribution in [0, 0.1) is 0 Å². The van der Waals surface area contributed by atoms with Crippen LogP contribution in [0.2, 0.25) is 0 Å². The number of carbonyl (C=O) groups is 2. The Balaban J connectivity index is 1.88. The van der Waals surface area contributed by atoms with Crippen molar-refractivity contribution >= 4 is 37.6 Å². The monoisotopic (exact) mass is 494 g/mol. The van der Waals surface area contributed by atoms with Crippen LogP contribution < -0.4 is 11.1 Å². The Bertz CT molecular complexity index is 1240. The Hall–Kier alpha value is -3.26. The highest BCUT2D eigenvalue weighted by molar-refractivity contribution is 9.10. The smallest absolute Gasteiger partial charge is 0.267 e. The summed E-state index contributed by atoms with van der Waals surface area (Å²) in [7, 11) is -3.61. The van der Waals surface area contributed by atoms with Crippen molar-refractivity contribution in [2.75, 3.05) is 6.26 Å². The Morgan fingerprint density at radius 1 is 1.17 bits per heavy atom. The third-order valence-electron chi connectivity index (χ3n) is 3.84. The van der Waals surface area contributed by atoms with Crippen molar-refractivity contribution < 1.29 is 18.0 Å². The van der Waals surface area contributed by atoms with Crippen LogP contribution in [0.25, 0.3) is 5.82 Å². The van der Waals surface area contributed by atoms with Gasteiger partial charge in [-0.15, -0.1) is 0 Å². The topological polar surface area (TPSA) is 176 Å². The lowest BCUT2D eigenvalue weighted by Gasteiger charge is -2.15. The molecular formula is C16H15BrN8O4S.